The quantitative estimate of drug-likeness (QED) is 0.162. The largest absolute Gasteiger partial charge is 0.208 e. The molecule has 4 nitrogen and oxygen atoms in total. The molecule has 1 aliphatic carbocycles. The summed E-state index contributed by atoms with van der Waals surface area (Å²) in [6.45, 7) is 0. The first-order valence-electron chi connectivity index (χ1n) is 20.1. The van der Waals surface area contributed by atoms with E-state index in [2.05, 4.69) is 140 Å². The van der Waals surface area contributed by atoms with Crippen LogP contribution in [0.25, 0.3) is 112 Å². The molecule has 10 aromatic rings. The second kappa shape index (κ2) is 14.6. The SMILES string of the molecule is N#Cc1ccccc1-c1cccc(-c2nc(-c3ccccc3)nc(-c3ccc(-c4cc(-c5ccccc5)c5c(c4-c4ccccc4)-c4cccc6cccc-5c46)cc3)n2)c1. The Hall–Kier alpha value is -8.26. The van der Waals surface area contributed by atoms with E-state index in [1.807, 2.05) is 72.8 Å². The Morgan fingerprint density at radius 3 is 1.42 bits per heavy atom. The van der Waals surface area contributed by atoms with Crippen molar-refractivity contribution in [3.63, 3.8) is 0 Å². The van der Waals surface area contributed by atoms with E-state index in [-0.39, 0.29) is 0 Å². The second-order valence-corrected chi connectivity index (χ2v) is 15.0. The van der Waals surface area contributed by atoms with Crippen molar-refractivity contribution in [3.8, 4) is 107 Å². The van der Waals surface area contributed by atoms with Crippen LogP contribution < -0.4 is 0 Å². The van der Waals surface area contributed by atoms with Gasteiger partial charge in [-0.15, -0.1) is 0 Å². The van der Waals surface area contributed by atoms with E-state index < -0.39 is 0 Å². The minimum Gasteiger partial charge on any atom is -0.208 e. The van der Waals surface area contributed by atoms with Gasteiger partial charge in [0.2, 0.25) is 0 Å². The predicted molar refractivity (Wildman–Crippen MR) is 245 cm³/mol. The molecule has 1 aliphatic rings. The Kier molecular flexibility index (Phi) is 8.50. The fraction of sp³-hybridized carbons (Fsp3) is 0. The van der Waals surface area contributed by atoms with Crippen LogP contribution in [0.5, 0.6) is 0 Å². The molecule has 60 heavy (non-hydrogen) atoms. The van der Waals surface area contributed by atoms with Gasteiger partial charge in [0, 0.05) is 16.7 Å². The van der Waals surface area contributed by atoms with E-state index in [1.54, 1.807) is 0 Å². The molecular formula is C56H34N4. The van der Waals surface area contributed by atoms with E-state index in [9.17, 15) is 5.26 Å². The van der Waals surface area contributed by atoms with Gasteiger partial charge in [-0.3, -0.25) is 0 Å². The third-order valence-electron chi connectivity index (χ3n) is 11.5. The standard InChI is InChI=1S/C56H34N4/c57-35-44-21-10-11-26-45(44)42-24-12-25-43(33-42)56-59-54(40-19-8-3-9-20-40)58-55(60-56)41-31-29-37(30-32-41)48-34-49(36-15-4-1-5-16-36)52-46-27-13-22-38-23-14-28-47(50(38)46)53(52)51(48)39-17-6-2-7-18-39/h1-34H. The van der Waals surface area contributed by atoms with Crippen LogP contribution in [0.2, 0.25) is 0 Å². The summed E-state index contributed by atoms with van der Waals surface area (Å²) in [6.07, 6.45) is 0. The zero-order valence-electron chi connectivity index (χ0n) is 32.4. The van der Waals surface area contributed by atoms with Crippen LogP contribution in [0.4, 0.5) is 0 Å². The highest BCUT2D eigenvalue weighted by Crippen LogP contribution is 2.57. The lowest BCUT2D eigenvalue weighted by Gasteiger charge is -2.21. The van der Waals surface area contributed by atoms with Crippen molar-refractivity contribution in [3.05, 3.63) is 212 Å². The van der Waals surface area contributed by atoms with Gasteiger partial charge < -0.3 is 0 Å². The van der Waals surface area contributed by atoms with E-state index in [4.69, 9.17) is 15.0 Å². The average molecular weight is 763 g/mol. The van der Waals surface area contributed by atoms with Gasteiger partial charge in [0.15, 0.2) is 17.5 Å². The average Bonchev–Trinajstić information content (AvgIpc) is 3.67. The molecular weight excluding hydrogens is 729 g/mol. The van der Waals surface area contributed by atoms with Crippen molar-refractivity contribution in [1.82, 2.24) is 15.0 Å². The Morgan fingerprint density at radius 1 is 0.300 bits per heavy atom. The molecule has 0 saturated heterocycles. The van der Waals surface area contributed by atoms with E-state index in [0.29, 0.717) is 23.0 Å². The highest BCUT2D eigenvalue weighted by atomic mass is 15.0. The molecule has 0 N–H and O–H groups in total. The van der Waals surface area contributed by atoms with Crippen molar-refractivity contribution in [2.45, 2.75) is 0 Å². The molecule has 0 spiro atoms. The van der Waals surface area contributed by atoms with Crippen LogP contribution in [0.3, 0.4) is 0 Å². The maximum absolute atomic E-state index is 9.85. The maximum Gasteiger partial charge on any atom is 0.164 e. The minimum atomic E-state index is 0.561. The number of nitriles is 1. The first-order chi connectivity index (χ1) is 29.7. The predicted octanol–water partition coefficient (Wildman–Crippen LogP) is 14.2. The van der Waals surface area contributed by atoms with Crippen molar-refractivity contribution in [1.29, 1.82) is 5.26 Å². The van der Waals surface area contributed by atoms with Gasteiger partial charge in [-0.1, -0.05) is 188 Å². The van der Waals surface area contributed by atoms with Crippen molar-refractivity contribution < 1.29 is 0 Å². The van der Waals surface area contributed by atoms with E-state index >= 15 is 0 Å². The molecule has 0 fully saturated rings. The lowest BCUT2D eigenvalue weighted by molar-refractivity contribution is 1.07. The molecule has 0 unspecified atom stereocenters. The Morgan fingerprint density at radius 2 is 0.750 bits per heavy atom. The van der Waals surface area contributed by atoms with E-state index in [1.165, 1.54) is 55.3 Å². The first kappa shape index (κ1) is 34.9. The molecule has 4 heteroatoms. The summed E-state index contributed by atoms with van der Waals surface area (Å²) in [5, 5.41) is 12.4. The van der Waals surface area contributed by atoms with Crippen LogP contribution >= 0.6 is 0 Å². The van der Waals surface area contributed by atoms with Gasteiger partial charge in [-0.05, 0) is 95.7 Å². The molecule has 1 aromatic heterocycles. The van der Waals surface area contributed by atoms with E-state index in [0.717, 1.165) is 38.9 Å². The number of hydrogen-bond acceptors (Lipinski definition) is 4. The molecule has 0 amide bonds. The molecule has 0 aliphatic heterocycles. The molecule has 9 aromatic carbocycles. The third-order valence-corrected chi connectivity index (χ3v) is 11.5. The monoisotopic (exact) mass is 762 g/mol. The zero-order chi connectivity index (χ0) is 40.0. The minimum absolute atomic E-state index is 0.561. The van der Waals surface area contributed by atoms with Crippen LogP contribution in [0.1, 0.15) is 5.56 Å². The number of rotatable bonds is 7. The molecule has 11 rings (SSSR count). The number of nitrogens with zero attached hydrogens (tertiary/aromatic N) is 4. The Bertz CT molecular complexity index is 3290. The van der Waals surface area contributed by atoms with Gasteiger partial charge in [0.25, 0.3) is 0 Å². The third kappa shape index (κ3) is 5.97. The number of hydrogen-bond donors (Lipinski definition) is 0. The fourth-order valence-corrected chi connectivity index (χ4v) is 8.77. The Balaban J connectivity index is 1.09. The summed E-state index contributed by atoms with van der Waals surface area (Å²) in [7, 11) is 0. The molecule has 0 radical (unpaired) electrons. The maximum atomic E-state index is 9.85. The molecule has 1 heterocycles. The summed E-state index contributed by atoms with van der Waals surface area (Å²) >= 11 is 0. The lowest BCUT2D eigenvalue weighted by Crippen LogP contribution is -2.00. The molecule has 0 saturated carbocycles. The van der Waals surface area contributed by atoms with Gasteiger partial charge in [-0.25, -0.2) is 15.0 Å². The highest BCUT2D eigenvalue weighted by molar-refractivity contribution is 6.22. The number of fused-ring (bicyclic) bond motifs is 3. The lowest BCUT2D eigenvalue weighted by atomic mass is 9.82. The van der Waals surface area contributed by atoms with Gasteiger partial charge in [0.1, 0.15) is 0 Å². The van der Waals surface area contributed by atoms with Crippen LogP contribution in [-0.4, -0.2) is 15.0 Å². The van der Waals surface area contributed by atoms with Gasteiger partial charge >= 0.3 is 0 Å². The summed E-state index contributed by atoms with van der Waals surface area (Å²) in [5.74, 6) is 1.73. The zero-order valence-corrected chi connectivity index (χ0v) is 32.4. The highest BCUT2D eigenvalue weighted by Gasteiger charge is 2.30. The summed E-state index contributed by atoms with van der Waals surface area (Å²) < 4.78 is 0. The molecule has 0 atom stereocenters. The van der Waals surface area contributed by atoms with Crippen LogP contribution in [0, 0.1) is 11.3 Å². The normalized spacial score (nSPS) is 11.3. The van der Waals surface area contributed by atoms with Crippen LogP contribution in [-0.2, 0) is 0 Å². The summed E-state index contributed by atoms with van der Waals surface area (Å²) in [4.78, 5) is 15.2. The van der Waals surface area contributed by atoms with Crippen molar-refractivity contribution in [2.75, 3.05) is 0 Å². The Labute approximate surface area is 348 Å². The second-order valence-electron chi connectivity index (χ2n) is 15.0. The molecule has 278 valence electrons. The smallest absolute Gasteiger partial charge is 0.164 e. The van der Waals surface area contributed by atoms with Crippen LogP contribution in [0.15, 0.2) is 206 Å². The fourth-order valence-electron chi connectivity index (χ4n) is 8.77. The first-order valence-corrected chi connectivity index (χ1v) is 20.1. The number of aromatic nitrogens is 3. The summed E-state index contributed by atoms with van der Waals surface area (Å²) in [5.41, 5.74) is 17.2. The summed E-state index contributed by atoms with van der Waals surface area (Å²) in [6, 6.07) is 74.1. The van der Waals surface area contributed by atoms with Crippen molar-refractivity contribution >= 4 is 10.8 Å². The van der Waals surface area contributed by atoms with Gasteiger partial charge in [-0.2, -0.15) is 5.26 Å². The number of benzene rings is 9. The topological polar surface area (TPSA) is 62.5 Å². The molecule has 0 bridgehead atoms. The van der Waals surface area contributed by atoms with Crippen molar-refractivity contribution in [2.24, 2.45) is 0 Å². The van der Waals surface area contributed by atoms with Gasteiger partial charge in [0.05, 0.1) is 11.6 Å².